The van der Waals surface area contributed by atoms with E-state index in [9.17, 15) is 4.79 Å². The van der Waals surface area contributed by atoms with Crippen molar-refractivity contribution < 1.29 is 14.3 Å². The van der Waals surface area contributed by atoms with Gasteiger partial charge < -0.3 is 24.5 Å². The Bertz CT molecular complexity index is 858. The fourth-order valence-electron chi connectivity index (χ4n) is 2.65. The van der Waals surface area contributed by atoms with Gasteiger partial charge in [0.25, 0.3) is 0 Å². The van der Waals surface area contributed by atoms with E-state index in [4.69, 9.17) is 9.47 Å². The summed E-state index contributed by atoms with van der Waals surface area (Å²) in [5.74, 6) is 1.30. The van der Waals surface area contributed by atoms with Crippen LogP contribution in [-0.2, 0) is 13.0 Å². The zero-order valence-electron chi connectivity index (χ0n) is 14.9. The van der Waals surface area contributed by atoms with Gasteiger partial charge in [-0.15, -0.1) is 0 Å². The van der Waals surface area contributed by atoms with E-state index in [1.165, 1.54) is 0 Å². The SMILES string of the molecule is COc1ccc(CNC(=O)NCCc2cn3ccccc3n2)cc1OC. The summed E-state index contributed by atoms with van der Waals surface area (Å²) in [6.45, 7) is 0.919. The molecule has 2 amide bonds. The van der Waals surface area contributed by atoms with Gasteiger partial charge in [-0.25, -0.2) is 9.78 Å². The van der Waals surface area contributed by atoms with Gasteiger partial charge in [-0.2, -0.15) is 0 Å². The van der Waals surface area contributed by atoms with Gasteiger partial charge in [0.2, 0.25) is 0 Å². The predicted octanol–water partition coefficient (Wildman–Crippen LogP) is 2.39. The van der Waals surface area contributed by atoms with Gasteiger partial charge in [-0.1, -0.05) is 12.1 Å². The Kier molecular flexibility index (Phi) is 5.58. The van der Waals surface area contributed by atoms with Crippen LogP contribution in [0.1, 0.15) is 11.3 Å². The van der Waals surface area contributed by atoms with Gasteiger partial charge in [0.05, 0.1) is 19.9 Å². The lowest BCUT2D eigenvalue weighted by molar-refractivity contribution is 0.240. The van der Waals surface area contributed by atoms with Crippen molar-refractivity contribution in [1.82, 2.24) is 20.0 Å². The van der Waals surface area contributed by atoms with E-state index in [1.54, 1.807) is 14.2 Å². The number of pyridine rings is 1. The highest BCUT2D eigenvalue weighted by Gasteiger charge is 2.06. The Balaban J connectivity index is 1.45. The van der Waals surface area contributed by atoms with Gasteiger partial charge in [-0.05, 0) is 29.8 Å². The smallest absolute Gasteiger partial charge is 0.315 e. The molecule has 136 valence electrons. The van der Waals surface area contributed by atoms with Gasteiger partial charge in [0, 0.05) is 31.9 Å². The summed E-state index contributed by atoms with van der Waals surface area (Å²) in [6.07, 6.45) is 4.60. The lowest BCUT2D eigenvalue weighted by Gasteiger charge is -2.11. The van der Waals surface area contributed by atoms with Gasteiger partial charge in [-0.3, -0.25) is 0 Å². The van der Waals surface area contributed by atoms with E-state index in [0.29, 0.717) is 31.0 Å². The molecule has 0 saturated carbocycles. The first-order valence-electron chi connectivity index (χ1n) is 8.35. The third-order valence-electron chi connectivity index (χ3n) is 3.98. The number of carbonyl (C=O) groups is 1. The molecule has 0 radical (unpaired) electrons. The third-order valence-corrected chi connectivity index (χ3v) is 3.98. The number of hydrogen-bond donors (Lipinski definition) is 2. The molecule has 3 rings (SSSR count). The molecule has 0 aliphatic rings. The number of rotatable bonds is 7. The maximum atomic E-state index is 12.0. The van der Waals surface area contributed by atoms with E-state index < -0.39 is 0 Å². The van der Waals surface area contributed by atoms with Crippen molar-refractivity contribution in [2.24, 2.45) is 0 Å². The molecule has 0 bridgehead atoms. The Morgan fingerprint density at radius 2 is 1.96 bits per heavy atom. The number of aromatic nitrogens is 2. The summed E-state index contributed by atoms with van der Waals surface area (Å²) < 4.78 is 12.4. The average molecular weight is 354 g/mol. The predicted molar refractivity (Wildman–Crippen MR) is 98.7 cm³/mol. The first-order valence-corrected chi connectivity index (χ1v) is 8.35. The standard InChI is InChI=1S/C19H22N4O3/c1-25-16-7-6-14(11-17(16)26-2)12-21-19(24)20-9-8-15-13-23-10-4-3-5-18(23)22-15/h3-7,10-11,13H,8-9,12H2,1-2H3,(H2,20,21,24). The molecule has 2 N–H and O–H groups in total. The number of urea groups is 1. The first-order chi connectivity index (χ1) is 12.7. The molecule has 0 aliphatic carbocycles. The van der Waals surface area contributed by atoms with Gasteiger partial charge >= 0.3 is 6.03 Å². The van der Waals surface area contributed by atoms with Crippen LogP contribution in [0.5, 0.6) is 11.5 Å². The Morgan fingerprint density at radius 1 is 1.12 bits per heavy atom. The maximum Gasteiger partial charge on any atom is 0.315 e. The molecule has 0 fully saturated rings. The average Bonchev–Trinajstić information content (AvgIpc) is 3.08. The minimum Gasteiger partial charge on any atom is -0.493 e. The van der Waals surface area contributed by atoms with Crippen LogP contribution in [0.25, 0.3) is 5.65 Å². The number of methoxy groups -OCH3 is 2. The summed E-state index contributed by atoms with van der Waals surface area (Å²) in [6, 6.07) is 11.2. The molecule has 0 spiro atoms. The molecule has 0 atom stereocenters. The van der Waals surface area contributed by atoms with Crippen molar-refractivity contribution in [1.29, 1.82) is 0 Å². The molecular formula is C19H22N4O3. The van der Waals surface area contributed by atoms with Crippen LogP contribution in [0, 0.1) is 0 Å². The Labute approximate surface area is 152 Å². The molecule has 2 aromatic heterocycles. The minimum atomic E-state index is -0.219. The topological polar surface area (TPSA) is 76.9 Å². The first kappa shape index (κ1) is 17.6. The number of amides is 2. The van der Waals surface area contributed by atoms with Crippen LogP contribution in [-0.4, -0.2) is 36.2 Å². The lowest BCUT2D eigenvalue weighted by Crippen LogP contribution is -2.36. The zero-order valence-corrected chi connectivity index (χ0v) is 14.9. The van der Waals surface area contributed by atoms with Crippen molar-refractivity contribution in [3.63, 3.8) is 0 Å². The van der Waals surface area contributed by atoms with Crippen LogP contribution in [0.2, 0.25) is 0 Å². The molecule has 7 nitrogen and oxygen atoms in total. The van der Waals surface area contributed by atoms with Crippen LogP contribution >= 0.6 is 0 Å². The van der Waals surface area contributed by atoms with Crippen molar-refractivity contribution in [3.05, 3.63) is 60.0 Å². The summed E-state index contributed by atoms with van der Waals surface area (Å²) in [5.41, 5.74) is 2.77. The molecule has 1 aromatic carbocycles. The molecular weight excluding hydrogens is 332 g/mol. The highest BCUT2D eigenvalue weighted by Crippen LogP contribution is 2.27. The number of hydrogen-bond acceptors (Lipinski definition) is 4. The molecule has 0 unspecified atom stereocenters. The summed E-state index contributed by atoms with van der Waals surface area (Å²) in [5, 5.41) is 5.67. The van der Waals surface area contributed by atoms with Crippen LogP contribution in [0.3, 0.4) is 0 Å². The van der Waals surface area contributed by atoms with Crippen LogP contribution in [0.15, 0.2) is 48.8 Å². The van der Waals surface area contributed by atoms with E-state index in [2.05, 4.69) is 15.6 Å². The number of benzene rings is 1. The maximum absolute atomic E-state index is 12.0. The fourth-order valence-corrected chi connectivity index (χ4v) is 2.65. The van der Waals surface area contributed by atoms with Crippen molar-refractivity contribution in [2.75, 3.05) is 20.8 Å². The highest BCUT2D eigenvalue weighted by molar-refractivity contribution is 5.73. The normalized spacial score (nSPS) is 10.5. The Hall–Kier alpha value is -3.22. The lowest BCUT2D eigenvalue weighted by atomic mass is 10.2. The van der Waals surface area contributed by atoms with E-state index in [1.807, 2.05) is 53.2 Å². The Morgan fingerprint density at radius 3 is 2.73 bits per heavy atom. The summed E-state index contributed by atoms with van der Waals surface area (Å²) >= 11 is 0. The van der Waals surface area contributed by atoms with Crippen molar-refractivity contribution in [2.45, 2.75) is 13.0 Å². The number of nitrogens with one attached hydrogen (secondary N) is 2. The highest BCUT2D eigenvalue weighted by atomic mass is 16.5. The number of nitrogens with zero attached hydrogens (tertiary/aromatic N) is 2. The minimum absolute atomic E-state index is 0.219. The quantitative estimate of drug-likeness (QED) is 0.683. The molecule has 0 saturated heterocycles. The monoisotopic (exact) mass is 354 g/mol. The molecule has 3 aromatic rings. The zero-order chi connectivity index (χ0) is 18.4. The number of imidazole rings is 1. The second kappa shape index (κ2) is 8.24. The van der Waals surface area contributed by atoms with Gasteiger partial charge in [0.15, 0.2) is 11.5 Å². The number of fused-ring (bicyclic) bond motifs is 1. The number of carbonyl (C=O) groups excluding carboxylic acids is 1. The van der Waals surface area contributed by atoms with Crippen LogP contribution in [0.4, 0.5) is 4.79 Å². The van der Waals surface area contributed by atoms with Crippen molar-refractivity contribution in [3.8, 4) is 11.5 Å². The van der Waals surface area contributed by atoms with E-state index >= 15 is 0 Å². The van der Waals surface area contributed by atoms with Crippen LogP contribution < -0.4 is 20.1 Å². The van der Waals surface area contributed by atoms with Gasteiger partial charge in [0.1, 0.15) is 5.65 Å². The van der Waals surface area contributed by atoms with Crippen molar-refractivity contribution >= 4 is 11.7 Å². The summed E-state index contributed by atoms with van der Waals surface area (Å²) in [7, 11) is 3.17. The molecule has 7 heteroatoms. The molecule has 26 heavy (non-hydrogen) atoms. The fraction of sp³-hybridized carbons (Fsp3) is 0.263. The van der Waals surface area contributed by atoms with E-state index in [0.717, 1.165) is 16.9 Å². The number of ether oxygens (including phenoxy) is 2. The second-order valence-electron chi connectivity index (χ2n) is 5.75. The summed E-state index contributed by atoms with van der Waals surface area (Å²) in [4.78, 5) is 16.5. The molecule has 2 heterocycles. The second-order valence-corrected chi connectivity index (χ2v) is 5.75. The van der Waals surface area contributed by atoms with E-state index in [-0.39, 0.29) is 6.03 Å². The largest absolute Gasteiger partial charge is 0.493 e. The molecule has 0 aliphatic heterocycles. The third kappa shape index (κ3) is 4.24.